The summed E-state index contributed by atoms with van der Waals surface area (Å²) in [6.45, 7) is 8.92. The number of carboxylic acids is 1. The number of nitrogens with one attached hydrogen (secondary N) is 4. The summed E-state index contributed by atoms with van der Waals surface area (Å²) in [4.78, 5) is 70.7. The maximum Gasteiger partial charge on any atom is 0.326 e. The van der Waals surface area contributed by atoms with E-state index in [4.69, 9.17) is 28.4 Å². The number of amides is 4. The highest BCUT2D eigenvalue weighted by Crippen LogP contribution is 2.15. The highest BCUT2D eigenvalue weighted by molar-refractivity contribution is 5.84. The number of carbonyl (C=O) groups excluding carboxylic acids is 5. The van der Waals surface area contributed by atoms with Gasteiger partial charge in [0.1, 0.15) is 25.9 Å². The van der Waals surface area contributed by atoms with Crippen molar-refractivity contribution in [1.29, 1.82) is 0 Å². The van der Waals surface area contributed by atoms with Gasteiger partial charge >= 0.3 is 5.97 Å². The molecule has 0 aliphatic heterocycles. The molecule has 0 heterocycles. The van der Waals surface area contributed by atoms with Crippen molar-refractivity contribution in [1.82, 2.24) is 21.3 Å². The van der Waals surface area contributed by atoms with Crippen molar-refractivity contribution in [3.8, 4) is 0 Å². The molecule has 0 aromatic rings. The van der Waals surface area contributed by atoms with E-state index in [0.29, 0.717) is 26.4 Å². The number of carboxylic acid groups (broad SMARTS) is 1. The van der Waals surface area contributed by atoms with Gasteiger partial charge in [-0.25, -0.2) is 4.79 Å². The summed E-state index contributed by atoms with van der Waals surface area (Å²) in [7, 11) is 0. The van der Waals surface area contributed by atoms with E-state index in [1.165, 1.54) is 90.4 Å². The van der Waals surface area contributed by atoms with Gasteiger partial charge in [-0.3, -0.25) is 24.0 Å². The molecule has 1 unspecified atom stereocenters. The minimum Gasteiger partial charge on any atom is -0.480 e. The predicted octanol–water partition coefficient (Wildman–Crippen LogP) is 5.05. The van der Waals surface area contributed by atoms with E-state index in [1.54, 1.807) is 0 Å². The van der Waals surface area contributed by atoms with E-state index in [0.717, 1.165) is 31.6 Å². The summed E-state index contributed by atoms with van der Waals surface area (Å²) >= 11 is 0. The van der Waals surface area contributed by atoms with Gasteiger partial charge in [0.15, 0.2) is 5.78 Å². The maximum atomic E-state index is 12.4. The first-order valence-corrected chi connectivity index (χ1v) is 23.8. The van der Waals surface area contributed by atoms with E-state index in [2.05, 4.69) is 35.1 Å². The van der Waals surface area contributed by atoms with Crippen molar-refractivity contribution >= 4 is 35.4 Å². The number of carbonyl (C=O) groups is 6. The van der Waals surface area contributed by atoms with E-state index in [9.17, 15) is 33.9 Å². The maximum absolute atomic E-state index is 12.4. The molecule has 63 heavy (non-hydrogen) atoms. The third-order valence-corrected chi connectivity index (χ3v) is 9.82. The van der Waals surface area contributed by atoms with Crippen molar-refractivity contribution in [3.05, 3.63) is 0 Å². The summed E-state index contributed by atoms with van der Waals surface area (Å²) in [5.41, 5.74) is 0. The molecule has 0 saturated heterocycles. The number of aliphatic carboxylic acids is 1. The fourth-order valence-electron chi connectivity index (χ4n) is 6.30. The number of Topliss-reactive ketones (excluding diaryl/α,β-unsaturated/α-hetero) is 1. The van der Waals surface area contributed by atoms with Gasteiger partial charge in [-0.15, -0.1) is 0 Å². The highest BCUT2D eigenvalue weighted by atomic mass is 16.5. The Kier molecular flexibility index (Phi) is 43.0. The molecule has 0 bridgehead atoms. The number of rotatable bonds is 48. The van der Waals surface area contributed by atoms with Crippen LogP contribution in [-0.4, -0.2) is 145 Å². The lowest BCUT2D eigenvalue weighted by Gasteiger charge is -2.14. The second-order valence-electron chi connectivity index (χ2n) is 16.3. The lowest BCUT2D eigenvalue weighted by Crippen LogP contribution is -2.41. The quantitative estimate of drug-likeness (QED) is 0.0505. The lowest BCUT2D eigenvalue weighted by atomic mass is 10.0. The number of unbranched alkanes of at least 4 members (excludes halogenated alkanes) is 15. The van der Waals surface area contributed by atoms with Gasteiger partial charge in [0.05, 0.1) is 59.5 Å². The Morgan fingerprint density at radius 1 is 0.413 bits per heavy atom. The molecular weight excluding hydrogens is 817 g/mol. The van der Waals surface area contributed by atoms with Crippen molar-refractivity contribution in [2.75, 3.05) is 98.9 Å². The smallest absolute Gasteiger partial charge is 0.326 e. The molecule has 0 aromatic carbocycles. The third kappa shape index (κ3) is 46.6. The average Bonchev–Trinajstić information content (AvgIpc) is 3.24. The van der Waals surface area contributed by atoms with Crippen LogP contribution >= 0.6 is 0 Å². The number of hydrogen-bond donors (Lipinski definition) is 5. The van der Waals surface area contributed by atoms with Crippen molar-refractivity contribution in [3.63, 3.8) is 0 Å². The van der Waals surface area contributed by atoms with Crippen LogP contribution in [0.2, 0.25) is 0 Å². The molecule has 0 aromatic heterocycles. The Labute approximate surface area is 378 Å². The molecular formula is C46H86N4O13. The van der Waals surface area contributed by atoms with Gasteiger partial charge in [0.2, 0.25) is 23.6 Å². The first kappa shape index (κ1) is 59.8. The largest absolute Gasteiger partial charge is 0.480 e. The molecule has 0 saturated carbocycles. The van der Waals surface area contributed by atoms with Crippen LogP contribution in [0, 0.1) is 5.92 Å². The monoisotopic (exact) mass is 903 g/mol. The Bertz CT molecular complexity index is 1160. The van der Waals surface area contributed by atoms with Crippen molar-refractivity contribution < 1.29 is 62.3 Å². The first-order valence-electron chi connectivity index (χ1n) is 23.8. The minimum atomic E-state index is -1.17. The van der Waals surface area contributed by atoms with Crippen LogP contribution in [0.4, 0.5) is 0 Å². The summed E-state index contributed by atoms with van der Waals surface area (Å²) in [6, 6.07) is -1.12. The molecule has 0 aliphatic carbocycles. The normalized spacial score (nSPS) is 11.7. The fourth-order valence-corrected chi connectivity index (χ4v) is 6.30. The SMILES string of the molecule is CC(=O)COCCOCCNC(=O)COCCOCCNC(=O)COCCOCCNC(=O)CCC(NC(=O)CCCCCCCCCCCCCCCCCCC(C)C)C(=O)O. The van der Waals surface area contributed by atoms with E-state index in [-0.39, 0.29) is 121 Å². The molecule has 17 heteroatoms. The zero-order valence-electron chi connectivity index (χ0n) is 39.2. The molecule has 0 aliphatic rings. The van der Waals surface area contributed by atoms with Gasteiger partial charge in [-0.05, 0) is 25.7 Å². The van der Waals surface area contributed by atoms with Crippen LogP contribution in [-0.2, 0) is 57.2 Å². The van der Waals surface area contributed by atoms with E-state index >= 15 is 0 Å². The Morgan fingerprint density at radius 3 is 1.17 bits per heavy atom. The molecule has 0 spiro atoms. The third-order valence-electron chi connectivity index (χ3n) is 9.82. The van der Waals surface area contributed by atoms with Crippen LogP contribution in [0.15, 0.2) is 0 Å². The standard InChI is InChI=1S/C46H86N4O13/c1-39(2)20-18-16-14-12-10-8-6-4-5-7-9-11-13-15-17-19-21-43(53)50-41(46(56)57)22-23-42(52)47-24-27-58-31-34-62-37-45(55)49-26-29-60-32-35-63-38-44(54)48-25-28-59-30-33-61-36-40(3)51/h39,41H,4-38H2,1-3H3,(H,47,52)(H,48,54)(H,49,55)(H,50,53)(H,56,57). The second kappa shape index (κ2) is 45.4. The molecule has 5 N–H and O–H groups in total. The Balaban J connectivity index is 3.61. The summed E-state index contributed by atoms with van der Waals surface area (Å²) < 4.78 is 31.6. The lowest BCUT2D eigenvalue weighted by molar-refractivity contribution is -0.142. The molecule has 368 valence electrons. The van der Waals surface area contributed by atoms with Crippen LogP contribution in [0.5, 0.6) is 0 Å². The Morgan fingerprint density at radius 2 is 0.778 bits per heavy atom. The number of ether oxygens (including phenoxy) is 6. The number of hydrogen-bond acceptors (Lipinski definition) is 12. The minimum absolute atomic E-state index is 0.00934. The predicted molar refractivity (Wildman–Crippen MR) is 241 cm³/mol. The zero-order valence-corrected chi connectivity index (χ0v) is 39.2. The Hall–Kier alpha value is -3.22. The average molecular weight is 903 g/mol. The molecule has 4 amide bonds. The van der Waals surface area contributed by atoms with Crippen LogP contribution in [0.1, 0.15) is 149 Å². The zero-order chi connectivity index (χ0) is 46.4. The van der Waals surface area contributed by atoms with Gasteiger partial charge in [-0.2, -0.15) is 0 Å². The second-order valence-corrected chi connectivity index (χ2v) is 16.3. The van der Waals surface area contributed by atoms with Gasteiger partial charge in [0.25, 0.3) is 0 Å². The fraction of sp³-hybridized carbons (Fsp3) is 0.870. The molecule has 17 nitrogen and oxygen atoms in total. The number of ketones is 1. The van der Waals surface area contributed by atoms with E-state index < -0.39 is 12.0 Å². The summed E-state index contributed by atoms with van der Waals surface area (Å²) in [6.07, 6.45) is 21.6. The molecule has 0 fully saturated rings. The summed E-state index contributed by atoms with van der Waals surface area (Å²) in [5.74, 6) is -1.63. The van der Waals surface area contributed by atoms with Crippen LogP contribution in [0.3, 0.4) is 0 Å². The highest BCUT2D eigenvalue weighted by Gasteiger charge is 2.20. The molecule has 1 atom stereocenters. The van der Waals surface area contributed by atoms with Gasteiger partial charge in [0, 0.05) is 32.5 Å². The first-order chi connectivity index (χ1) is 30.5. The van der Waals surface area contributed by atoms with Crippen molar-refractivity contribution in [2.24, 2.45) is 5.92 Å². The summed E-state index contributed by atoms with van der Waals surface area (Å²) in [5, 5.41) is 20.1. The molecule has 0 rings (SSSR count). The topological polar surface area (TPSA) is 226 Å². The van der Waals surface area contributed by atoms with E-state index in [1.807, 2.05) is 0 Å². The van der Waals surface area contributed by atoms with Gasteiger partial charge < -0.3 is 54.8 Å². The molecule has 0 radical (unpaired) electrons. The van der Waals surface area contributed by atoms with Gasteiger partial charge in [-0.1, -0.05) is 117 Å². The van der Waals surface area contributed by atoms with Crippen molar-refractivity contribution in [2.45, 2.75) is 155 Å². The van der Waals surface area contributed by atoms with Crippen LogP contribution in [0.25, 0.3) is 0 Å². The van der Waals surface area contributed by atoms with Crippen LogP contribution < -0.4 is 21.3 Å².